The molecule has 0 aliphatic carbocycles. The molecule has 13 heteroatoms. The van der Waals surface area contributed by atoms with E-state index in [0.717, 1.165) is 19.6 Å². The van der Waals surface area contributed by atoms with Crippen LogP contribution in [0.15, 0.2) is 51.9 Å². The van der Waals surface area contributed by atoms with Gasteiger partial charge in [-0.15, -0.1) is 0 Å². The lowest BCUT2D eigenvalue weighted by molar-refractivity contribution is 0.0369. The number of aromatic nitrogens is 3. The predicted molar refractivity (Wildman–Crippen MR) is 130 cm³/mol. The highest BCUT2D eigenvalue weighted by molar-refractivity contribution is 7.87. The SMILES string of the molecule is Nc1ccc(N(c2ncnc3cc4oc(=O)n(CCCN5CCOCC5)c4cc23)S(=O)(=O)O)cc1. The quantitative estimate of drug-likeness (QED) is 0.283. The van der Waals surface area contributed by atoms with Gasteiger partial charge in [-0.3, -0.25) is 14.0 Å². The van der Waals surface area contributed by atoms with E-state index in [1.807, 2.05) is 0 Å². The van der Waals surface area contributed by atoms with Crippen molar-refractivity contribution in [2.45, 2.75) is 13.0 Å². The molecule has 35 heavy (non-hydrogen) atoms. The van der Waals surface area contributed by atoms with E-state index in [2.05, 4.69) is 14.9 Å². The molecular weight excluding hydrogens is 476 g/mol. The summed E-state index contributed by atoms with van der Waals surface area (Å²) in [6.45, 7) is 4.31. The van der Waals surface area contributed by atoms with E-state index in [9.17, 15) is 17.8 Å². The van der Waals surface area contributed by atoms with Crippen molar-refractivity contribution in [2.75, 3.05) is 42.9 Å². The standard InChI is InChI=1S/C22H24N6O6S/c23-15-2-4-16(5-3-15)28(35(30,31)32)21-17-12-19-20(13-18(17)24-14-25-21)34-22(29)27(19)7-1-6-26-8-10-33-11-9-26/h2-5,12-14H,1,6-11,23H2,(H,30,31,32). The highest BCUT2D eigenvalue weighted by atomic mass is 32.2. The van der Waals surface area contributed by atoms with Crippen LogP contribution in [-0.2, 0) is 21.6 Å². The Hall–Kier alpha value is -3.52. The molecule has 3 N–H and O–H groups in total. The van der Waals surface area contributed by atoms with Crippen molar-refractivity contribution in [3.63, 3.8) is 0 Å². The number of benzene rings is 2. The first-order valence-corrected chi connectivity index (χ1v) is 12.4. The van der Waals surface area contributed by atoms with Crippen molar-refractivity contribution in [2.24, 2.45) is 0 Å². The van der Waals surface area contributed by atoms with Crippen molar-refractivity contribution in [1.29, 1.82) is 0 Å². The van der Waals surface area contributed by atoms with Gasteiger partial charge in [0, 0.05) is 43.3 Å². The molecule has 2 aromatic heterocycles. The summed E-state index contributed by atoms with van der Waals surface area (Å²) in [5, 5.41) is 0.317. The Balaban J connectivity index is 1.57. The minimum atomic E-state index is -4.77. The normalized spacial score (nSPS) is 15.1. The number of aryl methyl sites for hydroxylation is 1. The van der Waals surface area contributed by atoms with E-state index < -0.39 is 16.1 Å². The van der Waals surface area contributed by atoms with Gasteiger partial charge in [0.05, 0.1) is 29.9 Å². The van der Waals surface area contributed by atoms with Crippen LogP contribution in [0.1, 0.15) is 6.42 Å². The van der Waals surface area contributed by atoms with Crippen LogP contribution in [-0.4, -0.2) is 65.3 Å². The molecule has 0 unspecified atom stereocenters. The second kappa shape index (κ2) is 9.26. The molecule has 0 bridgehead atoms. The number of fused-ring (bicyclic) bond motifs is 2. The molecule has 2 aromatic carbocycles. The van der Waals surface area contributed by atoms with Crippen molar-refractivity contribution in [1.82, 2.24) is 19.4 Å². The zero-order chi connectivity index (χ0) is 24.6. The van der Waals surface area contributed by atoms with Gasteiger partial charge in [-0.2, -0.15) is 12.7 Å². The first-order valence-electron chi connectivity index (χ1n) is 11.0. The van der Waals surface area contributed by atoms with Gasteiger partial charge in [-0.1, -0.05) is 0 Å². The van der Waals surface area contributed by atoms with E-state index in [0.29, 0.717) is 58.2 Å². The van der Waals surface area contributed by atoms with Gasteiger partial charge in [0.2, 0.25) is 0 Å². The molecule has 0 atom stereocenters. The maximum atomic E-state index is 12.6. The first-order chi connectivity index (χ1) is 16.8. The number of hydrogen-bond acceptors (Lipinski definition) is 9. The molecule has 3 heterocycles. The molecule has 184 valence electrons. The van der Waals surface area contributed by atoms with Crippen LogP contribution < -0.4 is 15.8 Å². The molecule has 1 fully saturated rings. The minimum absolute atomic E-state index is 0.0716. The average Bonchev–Trinajstić information content (AvgIpc) is 3.13. The smallest absolute Gasteiger partial charge is 0.408 e. The van der Waals surface area contributed by atoms with Crippen LogP contribution >= 0.6 is 0 Å². The Morgan fingerprint density at radius 1 is 1.09 bits per heavy atom. The van der Waals surface area contributed by atoms with Crippen LogP contribution in [0, 0.1) is 0 Å². The minimum Gasteiger partial charge on any atom is -0.408 e. The fraction of sp³-hybridized carbons (Fsp3) is 0.318. The first kappa shape index (κ1) is 23.2. The Labute approximate surface area is 200 Å². The fourth-order valence-corrected chi connectivity index (χ4v) is 4.98. The van der Waals surface area contributed by atoms with Gasteiger partial charge in [0.1, 0.15) is 6.33 Å². The Kier molecular flexibility index (Phi) is 6.15. The molecule has 0 radical (unpaired) electrons. The van der Waals surface area contributed by atoms with Gasteiger partial charge < -0.3 is 14.9 Å². The number of nitrogens with zero attached hydrogens (tertiary/aromatic N) is 5. The molecule has 1 aliphatic heterocycles. The number of morpholine rings is 1. The average molecular weight is 501 g/mol. The zero-order valence-electron chi connectivity index (χ0n) is 18.7. The summed E-state index contributed by atoms with van der Waals surface area (Å²) in [4.78, 5) is 23.2. The number of rotatable bonds is 7. The van der Waals surface area contributed by atoms with Gasteiger partial charge in [-0.05, 0) is 36.8 Å². The van der Waals surface area contributed by atoms with Crippen molar-refractivity contribution < 1.29 is 22.1 Å². The lowest BCUT2D eigenvalue weighted by Crippen LogP contribution is -2.37. The predicted octanol–water partition coefficient (Wildman–Crippen LogP) is 1.78. The second-order valence-electron chi connectivity index (χ2n) is 8.20. The van der Waals surface area contributed by atoms with E-state index >= 15 is 0 Å². The summed E-state index contributed by atoms with van der Waals surface area (Å²) < 4.78 is 47.8. The Morgan fingerprint density at radius 2 is 1.83 bits per heavy atom. The molecule has 1 aliphatic rings. The summed E-state index contributed by atoms with van der Waals surface area (Å²) >= 11 is 0. The molecule has 4 aromatic rings. The van der Waals surface area contributed by atoms with E-state index in [-0.39, 0.29) is 11.5 Å². The Bertz CT molecular complexity index is 1530. The van der Waals surface area contributed by atoms with Crippen LogP contribution in [0.25, 0.3) is 22.0 Å². The maximum absolute atomic E-state index is 12.6. The van der Waals surface area contributed by atoms with E-state index in [4.69, 9.17) is 14.9 Å². The number of hydrogen-bond donors (Lipinski definition) is 2. The van der Waals surface area contributed by atoms with Crippen LogP contribution in [0.4, 0.5) is 17.2 Å². The number of anilines is 3. The van der Waals surface area contributed by atoms with Crippen LogP contribution in [0.2, 0.25) is 0 Å². The number of nitrogens with two attached hydrogens (primary N) is 1. The molecule has 0 spiro atoms. The van der Waals surface area contributed by atoms with Gasteiger partial charge in [0.25, 0.3) is 0 Å². The topological polar surface area (TPSA) is 157 Å². The largest absolute Gasteiger partial charge is 0.419 e. The Morgan fingerprint density at radius 3 is 2.54 bits per heavy atom. The number of oxazole rings is 1. The summed E-state index contributed by atoms with van der Waals surface area (Å²) in [6.07, 6.45) is 1.89. The summed E-state index contributed by atoms with van der Waals surface area (Å²) in [6, 6.07) is 9.09. The van der Waals surface area contributed by atoms with E-state index in [1.165, 1.54) is 35.2 Å². The zero-order valence-corrected chi connectivity index (χ0v) is 19.5. The monoisotopic (exact) mass is 500 g/mol. The highest BCUT2D eigenvalue weighted by Crippen LogP contribution is 2.34. The number of nitrogen functional groups attached to an aromatic ring is 1. The van der Waals surface area contributed by atoms with Crippen molar-refractivity contribution >= 4 is 49.5 Å². The second-order valence-corrected chi connectivity index (χ2v) is 9.46. The van der Waals surface area contributed by atoms with Crippen LogP contribution in [0.5, 0.6) is 0 Å². The van der Waals surface area contributed by atoms with Gasteiger partial charge in [-0.25, -0.2) is 14.8 Å². The molecular formula is C22H24N6O6S. The fourth-order valence-electron chi connectivity index (χ4n) is 4.22. The lowest BCUT2D eigenvalue weighted by Gasteiger charge is -2.26. The van der Waals surface area contributed by atoms with E-state index in [1.54, 1.807) is 12.1 Å². The maximum Gasteiger partial charge on any atom is 0.419 e. The third-order valence-corrected chi connectivity index (χ3v) is 6.76. The van der Waals surface area contributed by atoms with Gasteiger partial charge >= 0.3 is 16.1 Å². The molecule has 12 nitrogen and oxygen atoms in total. The third kappa shape index (κ3) is 4.71. The summed E-state index contributed by atoms with van der Waals surface area (Å²) in [5.41, 5.74) is 7.44. The number of ether oxygens (including phenoxy) is 1. The summed E-state index contributed by atoms with van der Waals surface area (Å²) in [7, 11) is -4.77. The molecule has 0 saturated carbocycles. The summed E-state index contributed by atoms with van der Waals surface area (Å²) in [5.74, 6) is -0.588. The van der Waals surface area contributed by atoms with Crippen molar-refractivity contribution in [3.8, 4) is 0 Å². The van der Waals surface area contributed by atoms with Crippen molar-refractivity contribution in [3.05, 3.63) is 53.3 Å². The van der Waals surface area contributed by atoms with Gasteiger partial charge in [0.15, 0.2) is 11.4 Å². The molecule has 1 saturated heterocycles. The molecule has 0 amide bonds. The van der Waals surface area contributed by atoms with Crippen LogP contribution in [0.3, 0.4) is 0 Å². The lowest BCUT2D eigenvalue weighted by atomic mass is 10.2. The third-order valence-electron chi connectivity index (χ3n) is 5.91. The highest BCUT2D eigenvalue weighted by Gasteiger charge is 2.26. The molecule has 5 rings (SSSR count).